The zero-order chi connectivity index (χ0) is 14.2. The van der Waals surface area contributed by atoms with E-state index in [0.717, 1.165) is 25.4 Å². The van der Waals surface area contributed by atoms with Gasteiger partial charge in [0.2, 0.25) is 0 Å². The molecule has 0 radical (unpaired) electrons. The van der Waals surface area contributed by atoms with E-state index in [4.69, 9.17) is 0 Å². The largest absolute Gasteiger partial charge is 0.316 e. The Morgan fingerprint density at radius 3 is 2.50 bits per heavy atom. The van der Waals surface area contributed by atoms with Gasteiger partial charge in [-0.2, -0.15) is 0 Å². The zero-order valence-electron chi connectivity index (χ0n) is 13.0. The fraction of sp³-hybridized carbons (Fsp3) is 0.875. The highest BCUT2D eigenvalue weighted by atomic mass is 32.1. The minimum absolute atomic E-state index is 0.685. The van der Waals surface area contributed by atoms with Crippen molar-refractivity contribution >= 4 is 11.3 Å². The van der Waals surface area contributed by atoms with Crippen LogP contribution in [0.5, 0.6) is 0 Å². The van der Waals surface area contributed by atoms with Crippen molar-refractivity contribution in [3.63, 3.8) is 0 Å². The zero-order valence-corrected chi connectivity index (χ0v) is 13.8. The number of nitrogens with zero attached hydrogens (tertiary/aromatic N) is 2. The summed E-state index contributed by atoms with van der Waals surface area (Å²) >= 11 is 1.85. The average Bonchev–Trinajstić information content (AvgIpc) is 2.83. The Bertz CT molecular complexity index is 368. The van der Waals surface area contributed by atoms with Crippen LogP contribution < -0.4 is 5.32 Å². The molecule has 4 heteroatoms. The lowest BCUT2D eigenvalue weighted by molar-refractivity contribution is 0.453. The molecule has 0 saturated heterocycles. The van der Waals surface area contributed by atoms with Gasteiger partial charge in [-0.3, -0.25) is 0 Å². The van der Waals surface area contributed by atoms with E-state index in [0.29, 0.717) is 5.92 Å². The maximum Gasteiger partial charge on any atom is 0.120 e. The Labute approximate surface area is 127 Å². The Hall–Kier alpha value is -0.480. The smallest absolute Gasteiger partial charge is 0.120 e. The van der Waals surface area contributed by atoms with Gasteiger partial charge < -0.3 is 5.32 Å². The third-order valence-corrected chi connectivity index (χ3v) is 5.15. The summed E-state index contributed by atoms with van der Waals surface area (Å²) in [6.45, 7) is 6.60. The van der Waals surface area contributed by atoms with Gasteiger partial charge in [-0.1, -0.05) is 46.0 Å². The van der Waals surface area contributed by atoms with Crippen LogP contribution in [0.3, 0.4) is 0 Å². The van der Waals surface area contributed by atoms with Gasteiger partial charge in [0.25, 0.3) is 0 Å². The van der Waals surface area contributed by atoms with Crippen LogP contribution in [0.15, 0.2) is 0 Å². The van der Waals surface area contributed by atoms with Gasteiger partial charge in [0.1, 0.15) is 10.0 Å². The molecule has 114 valence electrons. The molecule has 1 fully saturated rings. The molecule has 1 aromatic heterocycles. The summed E-state index contributed by atoms with van der Waals surface area (Å²) < 4.78 is 0. The fourth-order valence-corrected chi connectivity index (χ4v) is 3.83. The molecule has 1 N–H and O–H groups in total. The second-order valence-electron chi connectivity index (χ2n) is 6.42. The topological polar surface area (TPSA) is 37.8 Å². The van der Waals surface area contributed by atoms with Crippen LogP contribution in [0.1, 0.15) is 74.7 Å². The quantitative estimate of drug-likeness (QED) is 0.801. The molecule has 0 aromatic carbocycles. The molecule has 0 aliphatic heterocycles. The second kappa shape index (κ2) is 8.73. The molecule has 1 heterocycles. The third-order valence-electron chi connectivity index (χ3n) is 4.01. The van der Waals surface area contributed by atoms with Crippen LogP contribution in [0.25, 0.3) is 0 Å². The summed E-state index contributed by atoms with van der Waals surface area (Å²) in [5, 5.41) is 14.8. The second-order valence-corrected chi connectivity index (χ2v) is 7.52. The summed E-state index contributed by atoms with van der Waals surface area (Å²) in [6.07, 6.45) is 10.6. The summed E-state index contributed by atoms with van der Waals surface area (Å²) in [5.41, 5.74) is 0. The first-order valence-electron chi connectivity index (χ1n) is 8.28. The molecule has 0 bridgehead atoms. The summed E-state index contributed by atoms with van der Waals surface area (Å²) in [7, 11) is 0. The maximum atomic E-state index is 4.47. The highest BCUT2D eigenvalue weighted by Crippen LogP contribution is 2.32. The van der Waals surface area contributed by atoms with Crippen molar-refractivity contribution in [2.75, 3.05) is 13.1 Å². The van der Waals surface area contributed by atoms with Crippen LogP contribution >= 0.6 is 11.3 Å². The minimum atomic E-state index is 0.685. The van der Waals surface area contributed by atoms with Crippen LogP contribution in [0, 0.1) is 5.92 Å². The van der Waals surface area contributed by atoms with Gasteiger partial charge >= 0.3 is 0 Å². The lowest BCUT2D eigenvalue weighted by Gasteiger charge is -2.16. The van der Waals surface area contributed by atoms with E-state index in [1.165, 1.54) is 55.0 Å². The lowest BCUT2D eigenvalue weighted by Crippen LogP contribution is -2.22. The van der Waals surface area contributed by atoms with E-state index in [-0.39, 0.29) is 0 Å². The van der Waals surface area contributed by atoms with Crippen molar-refractivity contribution < 1.29 is 0 Å². The van der Waals surface area contributed by atoms with Gasteiger partial charge in [0, 0.05) is 18.9 Å². The Balaban J connectivity index is 1.78. The molecule has 0 amide bonds. The summed E-state index contributed by atoms with van der Waals surface area (Å²) in [6, 6.07) is 0. The molecule has 1 aliphatic rings. The van der Waals surface area contributed by atoms with Gasteiger partial charge in [-0.15, -0.1) is 21.5 Å². The van der Waals surface area contributed by atoms with Crippen LogP contribution in [-0.4, -0.2) is 23.3 Å². The number of aromatic nitrogens is 2. The monoisotopic (exact) mass is 295 g/mol. The molecule has 0 spiro atoms. The molecular weight excluding hydrogens is 266 g/mol. The SMILES string of the molecule is CC(C)CNCCc1nnc(C2CCCCCCC2)s1. The van der Waals surface area contributed by atoms with E-state index in [1.54, 1.807) is 0 Å². The van der Waals surface area contributed by atoms with Crippen molar-refractivity contribution in [3.05, 3.63) is 10.0 Å². The number of hydrogen-bond acceptors (Lipinski definition) is 4. The highest BCUT2D eigenvalue weighted by molar-refractivity contribution is 7.11. The normalized spacial score (nSPS) is 18.1. The van der Waals surface area contributed by atoms with Gasteiger partial charge in [-0.05, 0) is 25.3 Å². The fourth-order valence-electron chi connectivity index (χ4n) is 2.82. The van der Waals surface area contributed by atoms with Crippen LogP contribution in [-0.2, 0) is 6.42 Å². The van der Waals surface area contributed by atoms with Crippen LogP contribution in [0.2, 0.25) is 0 Å². The van der Waals surface area contributed by atoms with Crippen molar-refractivity contribution in [1.82, 2.24) is 15.5 Å². The molecule has 0 unspecified atom stereocenters. The Morgan fingerprint density at radius 2 is 1.80 bits per heavy atom. The molecule has 1 aromatic rings. The van der Waals surface area contributed by atoms with E-state index < -0.39 is 0 Å². The van der Waals surface area contributed by atoms with E-state index in [9.17, 15) is 0 Å². The third kappa shape index (κ3) is 5.49. The molecule has 0 atom stereocenters. The minimum Gasteiger partial charge on any atom is -0.316 e. The molecule has 1 aliphatic carbocycles. The highest BCUT2D eigenvalue weighted by Gasteiger charge is 2.17. The maximum absolute atomic E-state index is 4.47. The molecule has 1 saturated carbocycles. The van der Waals surface area contributed by atoms with Crippen LogP contribution in [0.4, 0.5) is 0 Å². The van der Waals surface area contributed by atoms with Gasteiger partial charge in [0.15, 0.2) is 0 Å². The number of rotatable bonds is 6. The van der Waals surface area contributed by atoms with E-state index in [1.807, 2.05) is 11.3 Å². The summed E-state index contributed by atoms with van der Waals surface area (Å²) in [5.74, 6) is 1.40. The molecular formula is C16H29N3S. The lowest BCUT2D eigenvalue weighted by atomic mass is 9.92. The van der Waals surface area contributed by atoms with Crippen molar-refractivity contribution in [2.24, 2.45) is 5.92 Å². The average molecular weight is 295 g/mol. The molecule has 3 nitrogen and oxygen atoms in total. The van der Waals surface area contributed by atoms with Crippen molar-refractivity contribution in [1.29, 1.82) is 0 Å². The molecule has 20 heavy (non-hydrogen) atoms. The number of nitrogens with one attached hydrogen (secondary N) is 1. The standard InChI is InChI=1S/C16H29N3S/c1-13(2)12-17-11-10-15-18-19-16(20-15)14-8-6-4-3-5-7-9-14/h13-14,17H,3-12H2,1-2H3. The van der Waals surface area contributed by atoms with E-state index in [2.05, 4.69) is 29.4 Å². The van der Waals surface area contributed by atoms with Crippen molar-refractivity contribution in [3.8, 4) is 0 Å². The van der Waals surface area contributed by atoms with Gasteiger partial charge in [-0.25, -0.2) is 0 Å². The van der Waals surface area contributed by atoms with Crippen molar-refractivity contribution in [2.45, 2.75) is 71.1 Å². The van der Waals surface area contributed by atoms with Gasteiger partial charge in [0.05, 0.1) is 0 Å². The predicted molar refractivity (Wildman–Crippen MR) is 86.4 cm³/mol. The molecule has 2 rings (SSSR count). The first kappa shape index (κ1) is 15.9. The number of hydrogen-bond donors (Lipinski definition) is 1. The van der Waals surface area contributed by atoms with E-state index >= 15 is 0 Å². The Morgan fingerprint density at radius 1 is 1.10 bits per heavy atom. The Kier molecular flexibility index (Phi) is 6.94. The predicted octanol–water partition coefficient (Wildman–Crippen LogP) is 4.15. The first-order valence-corrected chi connectivity index (χ1v) is 9.10. The first-order chi connectivity index (χ1) is 9.75. The summed E-state index contributed by atoms with van der Waals surface area (Å²) in [4.78, 5) is 0.